The van der Waals surface area contributed by atoms with Crippen LogP contribution < -0.4 is 16.6 Å². The summed E-state index contributed by atoms with van der Waals surface area (Å²) in [5.41, 5.74) is 2.35. The fourth-order valence-electron chi connectivity index (χ4n) is 5.61. The predicted molar refractivity (Wildman–Crippen MR) is 123 cm³/mol. The lowest BCUT2D eigenvalue weighted by Gasteiger charge is -2.31. The molecule has 0 bridgehead atoms. The monoisotopic (exact) mass is 433 g/mol. The van der Waals surface area contributed by atoms with Crippen LogP contribution in [-0.4, -0.2) is 27.2 Å². The molecule has 0 radical (unpaired) electrons. The maximum Gasteiger partial charge on any atom is 0.328 e. The third-order valence-corrected chi connectivity index (χ3v) is 8.23. The second-order valence-electron chi connectivity index (χ2n) is 8.66. The summed E-state index contributed by atoms with van der Waals surface area (Å²) in [4.78, 5) is 28.9. The highest BCUT2D eigenvalue weighted by Gasteiger charge is 2.40. The van der Waals surface area contributed by atoms with Crippen LogP contribution in [0.1, 0.15) is 29.9 Å². The van der Waals surface area contributed by atoms with Crippen molar-refractivity contribution in [1.29, 1.82) is 0 Å². The van der Waals surface area contributed by atoms with E-state index in [1.807, 2.05) is 30.3 Å². The summed E-state index contributed by atoms with van der Waals surface area (Å²) in [7, 11) is 0. The Morgan fingerprint density at radius 3 is 2.90 bits per heavy atom. The summed E-state index contributed by atoms with van der Waals surface area (Å²) in [6.07, 6.45) is 2.64. The Morgan fingerprint density at radius 2 is 2.00 bits per heavy atom. The molecule has 1 fully saturated rings. The Labute approximate surface area is 182 Å². The zero-order valence-electron chi connectivity index (χ0n) is 16.9. The molecule has 6 rings (SSSR count). The van der Waals surface area contributed by atoms with Crippen molar-refractivity contribution in [3.05, 3.63) is 74.4 Å². The van der Waals surface area contributed by atoms with E-state index >= 15 is 0 Å². The van der Waals surface area contributed by atoms with E-state index in [0.29, 0.717) is 40.8 Å². The highest BCUT2D eigenvalue weighted by Crippen LogP contribution is 2.44. The number of hydrogen-bond acceptors (Lipinski definition) is 5. The van der Waals surface area contributed by atoms with Crippen molar-refractivity contribution in [3.8, 4) is 5.75 Å². The summed E-state index contributed by atoms with van der Waals surface area (Å²) in [5, 5.41) is 14.8. The van der Waals surface area contributed by atoms with Gasteiger partial charge in [-0.05, 0) is 55.0 Å². The van der Waals surface area contributed by atoms with Crippen LogP contribution in [0, 0.1) is 5.92 Å². The number of phenolic OH excluding ortho intramolecular Hbond substituents is 1. The Morgan fingerprint density at radius 1 is 1.13 bits per heavy atom. The van der Waals surface area contributed by atoms with Crippen LogP contribution in [0.4, 0.5) is 0 Å². The molecule has 2 aromatic carbocycles. The molecule has 0 amide bonds. The van der Waals surface area contributed by atoms with Crippen LogP contribution in [0.15, 0.2) is 52.1 Å². The maximum atomic E-state index is 13.1. The minimum atomic E-state index is -0.350. The van der Waals surface area contributed by atoms with Crippen LogP contribution >= 0.6 is 11.3 Å². The first kappa shape index (κ1) is 18.8. The van der Waals surface area contributed by atoms with Gasteiger partial charge in [0.05, 0.1) is 5.52 Å². The SMILES string of the molecule is O=c1[nH]c2c(sc3ccccc32)c(=O)n1CCC1NC[C@@H]2CCc3c(O)cccc3[C@H]12. The van der Waals surface area contributed by atoms with E-state index in [1.165, 1.54) is 21.5 Å². The molecule has 6 nitrogen and oxygen atoms in total. The van der Waals surface area contributed by atoms with Crippen LogP contribution in [-0.2, 0) is 13.0 Å². The summed E-state index contributed by atoms with van der Waals surface area (Å²) < 4.78 is 2.95. The highest BCUT2D eigenvalue weighted by molar-refractivity contribution is 7.25. The fourth-order valence-corrected chi connectivity index (χ4v) is 6.71. The molecule has 3 N–H and O–H groups in total. The molecule has 1 aliphatic heterocycles. The van der Waals surface area contributed by atoms with E-state index in [0.717, 1.165) is 35.0 Å². The Balaban J connectivity index is 1.34. The molecule has 1 saturated heterocycles. The van der Waals surface area contributed by atoms with E-state index in [9.17, 15) is 14.7 Å². The number of nitrogens with zero attached hydrogens (tertiary/aromatic N) is 1. The van der Waals surface area contributed by atoms with E-state index in [4.69, 9.17) is 0 Å². The van der Waals surface area contributed by atoms with Crippen molar-refractivity contribution in [2.24, 2.45) is 5.92 Å². The van der Waals surface area contributed by atoms with E-state index < -0.39 is 0 Å². The number of hydrogen-bond donors (Lipinski definition) is 3. The molecule has 1 aliphatic carbocycles. The third kappa shape index (κ3) is 2.87. The van der Waals surface area contributed by atoms with Crippen molar-refractivity contribution < 1.29 is 5.11 Å². The molecule has 1 unspecified atom stereocenters. The number of aromatic hydroxyl groups is 1. The molecule has 7 heteroatoms. The number of nitrogens with one attached hydrogen (secondary N) is 2. The topological polar surface area (TPSA) is 87.1 Å². The van der Waals surface area contributed by atoms with E-state index in [-0.39, 0.29) is 17.3 Å². The quantitative estimate of drug-likeness (QED) is 0.463. The number of thiophene rings is 1. The van der Waals surface area contributed by atoms with Gasteiger partial charge in [-0.1, -0.05) is 30.3 Å². The van der Waals surface area contributed by atoms with Gasteiger partial charge in [0.25, 0.3) is 5.56 Å². The number of fused-ring (bicyclic) bond motifs is 6. The van der Waals surface area contributed by atoms with Gasteiger partial charge in [-0.15, -0.1) is 11.3 Å². The molecule has 31 heavy (non-hydrogen) atoms. The zero-order chi connectivity index (χ0) is 21.1. The number of aromatic amines is 1. The lowest BCUT2D eigenvalue weighted by Crippen LogP contribution is -2.37. The summed E-state index contributed by atoms with van der Waals surface area (Å²) in [5.74, 6) is 1.21. The van der Waals surface area contributed by atoms with Gasteiger partial charge in [-0.3, -0.25) is 9.36 Å². The number of rotatable bonds is 3. The molecule has 2 aliphatic rings. The highest BCUT2D eigenvalue weighted by atomic mass is 32.1. The summed E-state index contributed by atoms with van der Waals surface area (Å²) in [6.45, 7) is 1.30. The van der Waals surface area contributed by atoms with Gasteiger partial charge in [-0.2, -0.15) is 0 Å². The summed E-state index contributed by atoms with van der Waals surface area (Å²) >= 11 is 1.43. The molecule has 3 heterocycles. The van der Waals surface area contributed by atoms with Gasteiger partial charge in [0.15, 0.2) is 0 Å². The van der Waals surface area contributed by atoms with Gasteiger partial charge < -0.3 is 15.4 Å². The van der Waals surface area contributed by atoms with Gasteiger partial charge in [0, 0.05) is 28.6 Å². The molecular formula is C24H23N3O3S. The first-order valence-electron chi connectivity index (χ1n) is 10.8. The average Bonchev–Trinajstić information content (AvgIpc) is 3.36. The molecule has 2 aromatic heterocycles. The summed E-state index contributed by atoms with van der Waals surface area (Å²) in [6, 6.07) is 13.7. The molecule has 0 spiro atoms. The van der Waals surface area contributed by atoms with Crippen LogP contribution in [0.5, 0.6) is 5.75 Å². The van der Waals surface area contributed by atoms with Crippen molar-refractivity contribution in [2.45, 2.75) is 37.8 Å². The van der Waals surface area contributed by atoms with Crippen LogP contribution in [0.2, 0.25) is 0 Å². The maximum absolute atomic E-state index is 13.1. The lowest BCUT2D eigenvalue weighted by molar-refractivity contribution is 0.381. The molecular weight excluding hydrogens is 410 g/mol. The molecule has 158 valence electrons. The van der Waals surface area contributed by atoms with Gasteiger partial charge in [0.1, 0.15) is 10.4 Å². The minimum Gasteiger partial charge on any atom is -0.508 e. The van der Waals surface area contributed by atoms with Crippen molar-refractivity contribution in [1.82, 2.24) is 14.9 Å². The number of aromatic nitrogens is 2. The van der Waals surface area contributed by atoms with Gasteiger partial charge in [-0.25, -0.2) is 4.79 Å². The molecule has 3 atom stereocenters. The minimum absolute atomic E-state index is 0.176. The average molecular weight is 434 g/mol. The van der Waals surface area contributed by atoms with Crippen molar-refractivity contribution >= 4 is 31.6 Å². The van der Waals surface area contributed by atoms with Crippen molar-refractivity contribution in [2.75, 3.05) is 6.54 Å². The second-order valence-corrected chi connectivity index (χ2v) is 9.71. The largest absolute Gasteiger partial charge is 0.508 e. The van der Waals surface area contributed by atoms with Gasteiger partial charge in [0.2, 0.25) is 0 Å². The van der Waals surface area contributed by atoms with Gasteiger partial charge >= 0.3 is 5.69 Å². The standard InChI is InChI=1S/C24H23N3O3S/c28-18-6-3-5-15-14(18)9-8-13-12-25-17(20(13)15)10-11-27-23(29)22-21(26-24(27)30)16-4-1-2-7-19(16)31-22/h1-7,13,17,20,25,28H,8-12H2,(H,26,30)/t13-,17?,20+/m0/s1. The molecule has 0 saturated carbocycles. The van der Waals surface area contributed by atoms with Crippen molar-refractivity contribution in [3.63, 3.8) is 0 Å². The fraction of sp³-hybridized carbons (Fsp3) is 0.333. The Kier molecular flexibility index (Phi) is 4.30. The smallest absolute Gasteiger partial charge is 0.328 e. The van der Waals surface area contributed by atoms with E-state index in [2.05, 4.69) is 16.4 Å². The normalized spacial score (nSPS) is 22.6. The predicted octanol–water partition coefficient (Wildman–Crippen LogP) is 3.32. The first-order chi connectivity index (χ1) is 15.1. The number of H-pyrrole nitrogens is 1. The second kappa shape index (κ2) is 7.07. The number of benzene rings is 2. The zero-order valence-corrected chi connectivity index (χ0v) is 17.7. The first-order valence-corrected chi connectivity index (χ1v) is 11.6. The van der Waals surface area contributed by atoms with Crippen LogP contribution in [0.25, 0.3) is 20.3 Å². The Bertz CT molecular complexity index is 1430. The lowest BCUT2D eigenvalue weighted by atomic mass is 9.73. The molecule has 4 aromatic rings. The number of phenols is 1. The van der Waals surface area contributed by atoms with E-state index in [1.54, 1.807) is 6.07 Å². The Hall–Kier alpha value is -2.90. The van der Waals surface area contributed by atoms with Crippen LogP contribution in [0.3, 0.4) is 0 Å². The third-order valence-electron chi connectivity index (χ3n) is 7.07.